The summed E-state index contributed by atoms with van der Waals surface area (Å²) in [5, 5.41) is 12.2. The molecule has 262 valence electrons. The number of rotatable bonds is 4. The normalized spacial score (nSPS) is 12.6. The summed E-state index contributed by atoms with van der Waals surface area (Å²) in [6, 6.07) is 52.6. The Morgan fingerprint density at radius 1 is 0.429 bits per heavy atom. The van der Waals surface area contributed by atoms with E-state index in [4.69, 9.17) is 23.8 Å². The molecule has 8 aromatic carbocycles. The van der Waals surface area contributed by atoms with Crippen LogP contribution in [0.25, 0.3) is 117 Å². The molecule has 6 heteroatoms. The van der Waals surface area contributed by atoms with Crippen molar-refractivity contribution >= 4 is 77.2 Å². The van der Waals surface area contributed by atoms with E-state index in [2.05, 4.69) is 145 Å². The van der Waals surface area contributed by atoms with Gasteiger partial charge < -0.3 is 14.2 Å². The van der Waals surface area contributed by atoms with Gasteiger partial charge in [-0.15, -0.1) is 0 Å². The molecular weight excluding hydrogens is 689 g/mol. The van der Waals surface area contributed by atoms with Crippen molar-refractivity contribution in [1.82, 2.24) is 15.0 Å². The Kier molecular flexibility index (Phi) is 6.59. The van der Waals surface area contributed by atoms with Crippen molar-refractivity contribution in [2.24, 2.45) is 0 Å². The summed E-state index contributed by atoms with van der Waals surface area (Å²) in [7, 11) is 0. The Morgan fingerprint density at radius 3 is 2.00 bits per heavy atom. The van der Waals surface area contributed by atoms with Crippen LogP contribution in [0.5, 0.6) is 0 Å². The molecule has 0 saturated heterocycles. The quantitative estimate of drug-likeness (QED) is 0.195. The predicted molar refractivity (Wildman–Crippen MR) is 229 cm³/mol. The molecule has 0 saturated carbocycles. The molecule has 1 aliphatic heterocycles. The molecule has 1 aliphatic rings. The number of hydrogen-bond acceptors (Lipinski definition) is 6. The Balaban J connectivity index is 1.11. The van der Waals surface area contributed by atoms with Gasteiger partial charge in [0.1, 0.15) is 22.3 Å². The molecule has 0 amide bonds. The maximum Gasteiger partial charge on any atom is 0.164 e. The minimum absolute atomic E-state index is 0.573. The van der Waals surface area contributed by atoms with Crippen LogP contribution < -0.4 is 5.32 Å². The highest BCUT2D eigenvalue weighted by atomic mass is 16.3. The molecule has 4 heterocycles. The summed E-state index contributed by atoms with van der Waals surface area (Å²) in [5.41, 5.74) is 10.4. The van der Waals surface area contributed by atoms with E-state index in [0.29, 0.717) is 17.5 Å². The van der Waals surface area contributed by atoms with Crippen molar-refractivity contribution in [2.45, 2.75) is 0 Å². The number of aromatic nitrogens is 3. The number of nitrogens with zero attached hydrogens (tertiary/aromatic N) is 3. The van der Waals surface area contributed by atoms with Crippen molar-refractivity contribution in [3.05, 3.63) is 163 Å². The molecule has 6 nitrogen and oxygen atoms in total. The second-order valence-corrected chi connectivity index (χ2v) is 14.4. The molecule has 0 aliphatic carbocycles. The average Bonchev–Trinajstić information content (AvgIpc) is 3.82. The van der Waals surface area contributed by atoms with E-state index in [1.165, 1.54) is 0 Å². The summed E-state index contributed by atoms with van der Waals surface area (Å²) in [4.78, 5) is 15.8. The Bertz CT molecular complexity index is 3440. The van der Waals surface area contributed by atoms with Crippen LogP contribution in [0, 0.1) is 0 Å². The third-order valence-corrected chi connectivity index (χ3v) is 11.1. The van der Waals surface area contributed by atoms with E-state index >= 15 is 0 Å². The zero-order valence-electron chi connectivity index (χ0n) is 30.0. The monoisotopic (exact) mass is 718 g/mol. The highest BCUT2D eigenvalue weighted by Crippen LogP contribution is 2.42. The fourth-order valence-electron chi connectivity index (χ4n) is 8.46. The second kappa shape index (κ2) is 12.0. The van der Waals surface area contributed by atoms with E-state index in [0.717, 1.165) is 111 Å². The Labute approximate surface area is 320 Å². The summed E-state index contributed by atoms with van der Waals surface area (Å²) < 4.78 is 12.8. The van der Waals surface area contributed by atoms with Gasteiger partial charge in [0.2, 0.25) is 0 Å². The van der Waals surface area contributed by atoms with Crippen LogP contribution in [0.1, 0.15) is 5.56 Å². The molecular formula is C50H30N4O2. The van der Waals surface area contributed by atoms with Crippen molar-refractivity contribution in [1.29, 1.82) is 0 Å². The largest absolute Gasteiger partial charge is 0.456 e. The molecule has 56 heavy (non-hydrogen) atoms. The van der Waals surface area contributed by atoms with Crippen LogP contribution in [-0.4, -0.2) is 21.5 Å². The van der Waals surface area contributed by atoms with Gasteiger partial charge in [0.05, 0.1) is 0 Å². The van der Waals surface area contributed by atoms with E-state index in [1.807, 2.05) is 24.3 Å². The number of nitrogens with one attached hydrogen (secondary N) is 1. The molecule has 0 atom stereocenters. The number of hydrogen-bond donors (Lipinski definition) is 1. The van der Waals surface area contributed by atoms with E-state index in [9.17, 15) is 0 Å². The molecule has 0 spiro atoms. The lowest BCUT2D eigenvalue weighted by molar-refractivity contribution is 0.668. The first-order valence-electron chi connectivity index (χ1n) is 18.8. The van der Waals surface area contributed by atoms with E-state index < -0.39 is 0 Å². The number of fused-ring (bicyclic) bond motifs is 9. The van der Waals surface area contributed by atoms with Crippen LogP contribution in [0.4, 0.5) is 5.69 Å². The fourth-order valence-corrected chi connectivity index (χ4v) is 8.46. The fraction of sp³-hybridized carbons (Fsp3) is 0.0200. The van der Waals surface area contributed by atoms with E-state index in [1.54, 1.807) is 0 Å². The first-order valence-corrected chi connectivity index (χ1v) is 18.8. The van der Waals surface area contributed by atoms with Gasteiger partial charge in [0.25, 0.3) is 0 Å². The standard InChI is InChI=1S/C50H30N4O2/c1-3-14-34-29(10-1)12-7-18-39(34)49-52-48(32-21-22-38-37-16-5-6-19-43(37)55-45(38)27-32)53-50(54-49)40-25-33(24-30-11-2-4-15-35(30)40)36-17-8-20-44-47(36)41-28-42-31(13-9-23-51-42)26-46(41)56-44/h1-22,24-28,51H,23H2. The molecule has 0 unspecified atom stereocenters. The molecule has 11 aromatic rings. The Hall–Kier alpha value is -7.57. The van der Waals surface area contributed by atoms with Gasteiger partial charge in [-0.05, 0) is 81.2 Å². The van der Waals surface area contributed by atoms with Gasteiger partial charge in [-0.1, -0.05) is 115 Å². The third kappa shape index (κ3) is 4.79. The molecule has 0 fully saturated rings. The van der Waals surface area contributed by atoms with Crippen LogP contribution in [0.15, 0.2) is 167 Å². The molecule has 1 N–H and O–H groups in total. The third-order valence-electron chi connectivity index (χ3n) is 11.1. The summed E-state index contributed by atoms with van der Waals surface area (Å²) in [6.45, 7) is 0.802. The summed E-state index contributed by atoms with van der Waals surface area (Å²) >= 11 is 0. The zero-order chi connectivity index (χ0) is 36.7. The summed E-state index contributed by atoms with van der Waals surface area (Å²) in [5.74, 6) is 1.77. The van der Waals surface area contributed by atoms with Gasteiger partial charge in [0.15, 0.2) is 17.5 Å². The van der Waals surface area contributed by atoms with Gasteiger partial charge >= 0.3 is 0 Å². The lowest BCUT2D eigenvalue weighted by Crippen LogP contribution is -2.03. The van der Waals surface area contributed by atoms with Crippen LogP contribution >= 0.6 is 0 Å². The van der Waals surface area contributed by atoms with Crippen LogP contribution in [0.3, 0.4) is 0 Å². The average molecular weight is 719 g/mol. The minimum atomic E-state index is 0.573. The SMILES string of the molecule is C1=Cc2cc3oc4cccc(-c5cc(-c6nc(-c7ccc8c(c7)oc7ccccc78)nc(-c7cccc8ccccc78)n6)c6ccccc6c5)c4c3cc2NC1. The lowest BCUT2D eigenvalue weighted by Gasteiger charge is -2.14. The topological polar surface area (TPSA) is 77.0 Å². The first-order chi connectivity index (χ1) is 27.7. The first kappa shape index (κ1) is 30.8. The maximum atomic E-state index is 6.50. The van der Waals surface area contributed by atoms with Gasteiger partial charge in [-0.3, -0.25) is 0 Å². The van der Waals surface area contributed by atoms with Crippen molar-refractivity contribution in [2.75, 3.05) is 11.9 Å². The predicted octanol–water partition coefficient (Wildman–Crippen LogP) is 13.1. The van der Waals surface area contributed by atoms with Gasteiger partial charge in [-0.2, -0.15) is 0 Å². The van der Waals surface area contributed by atoms with Crippen LogP contribution in [-0.2, 0) is 0 Å². The number of furan rings is 2. The minimum Gasteiger partial charge on any atom is -0.456 e. The van der Waals surface area contributed by atoms with Crippen molar-refractivity contribution in [3.63, 3.8) is 0 Å². The molecule has 0 radical (unpaired) electrons. The number of anilines is 1. The number of benzene rings is 8. The smallest absolute Gasteiger partial charge is 0.164 e. The lowest BCUT2D eigenvalue weighted by atomic mass is 9.93. The Morgan fingerprint density at radius 2 is 1.09 bits per heavy atom. The zero-order valence-corrected chi connectivity index (χ0v) is 30.0. The van der Waals surface area contributed by atoms with E-state index in [-0.39, 0.29) is 0 Å². The highest BCUT2D eigenvalue weighted by Gasteiger charge is 2.20. The number of para-hydroxylation sites is 1. The van der Waals surface area contributed by atoms with Crippen molar-refractivity contribution in [3.8, 4) is 45.3 Å². The van der Waals surface area contributed by atoms with Crippen LogP contribution in [0.2, 0.25) is 0 Å². The van der Waals surface area contributed by atoms with Gasteiger partial charge in [0, 0.05) is 56.0 Å². The molecule has 12 rings (SSSR count). The second-order valence-electron chi connectivity index (χ2n) is 14.4. The molecule has 3 aromatic heterocycles. The highest BCUT2D eigenvalue weighted by molar-refractivity contribution is 6.15. The van der Waals surface area contributed by atoms with Crippen molar-refractivity contribution < 1.29 is 8.83 Å². The molecule has 0 bridgehead atoms. The summed E-state index contributed by atoms with van der Waals surface area (Å²) in [6.07, 6.45) is 4.29. The van der Waals surface area contributed by atoms with Gasteiger partial charge in [-0.25, -0.2) is 15.0 Å². The maximum absolute atomic E-state index is 6.50.